The van der Waals surface area contributed by atoms with Crippen LogP contribution in [0.15, 0.2) is 200 Å². The zero-order valence-electron chi connectivity index (χ0n) is 28.9. The summed E-state index contributed by atoms with van der Waals surface area (Å²) >= 11 is 0. The normalized spacial score (nSPS) is 14.5. The Hall–Kier alpha value is -6.97. The molecule has 10 rings (SSSR count). The van der Waals surface area contributed by atoms with Crippen LogP contribution >= 0.6 is 0 Å². The summed E-state index contributed by atoms with van der Waals surface area (Å²) in [6, 6.07) is 71.2. The van der Waals surface area contributed by atoms with E-state index in [2.05, 4.69) is 140 Å². The molecule has 1 unspecified atom stereocenters. The summed E-state index contributed by atoms with van der Waals surface area (Å²) in [5.41, 5.74) is 12.5. The Bertz CT molecular complexity index is 2680. The first-order valence-electron chi connectivity index (χ1n) is 18.0. The minimum Gasteiger partial charge on any atom is -0.208 e. The van der Waals surface area contributed by atoms with E-state index >= 15 is 0 Å². The Balaban J connectivity index is 1.06. The molecule has 53 heavy (non-hydrogen) atoms. The molecule has 8 aromatic carbocycles. The van der Waals surface area contributed by atoms with Crippen LogP contribution in [0, 0.1) is 0 Å². The van der Waals surface area contributed by atoms with Crippen LogP contribution in [0.5, 0.6) is 0 Å². The lowest BCUT2D eigenvalue weighted by Gasteiger charge is -2.34. The van der Waals surface area contributed by atoms with Crippen LogP contribution in [0.25, 0.3) is 67.2 Å². The van der Waals surface area contributed by atoms with Gasteiger partial charge in [0.15, 0.2) is 17.5 Å². The summed E-state index contributed by atoms with van der Waals surface area (Å²) in [5, 5.41) is 2.55. The molecule has 0 aliphatic heterocycles. The SMILES string of the molecule is c1ccc(-c2nc(-c3ccccc3)nc(-c3ccc(-c4ccc(C5(c6ccccc6)c6ccccc6-c6c5ccc5ccccc65)cc4)cc3)n2)cc1. The zero-order chi connectivity index (χ0) is 35.2. The van der Waals surface area contributed by atoms with E-state index in [-0.39, 0.29) is 0 Å². The molecule has 3 nitrogen and oxygen atoms in total. The maximum atomic E-state index is 4.93. The molecule has 248 valence electrons. The number of rotatable bonds is 6. The van der Waals surface area contributed by atoms with Crippen LogP contribution in [-0.2, 0) is 5.41 Å². The van der Waals surface area contributed by atoms with Crippen LogP contribution in [0.1, 0.15) is 22.3 Å². The van der Waals surface area contributed by atoms with Crippen molar-refractivity contribution in [2.45, 2.75) is 5.41 Å². The van der Waals surface area contributed by atoms with Crippen molar-refractivity contribution >= 4 is 10.8 Å². The van der Waals surface area contributed by atoms with Crippen molar-refractivity contribution in [1.29, 1.82) is 0 Å². The highest BCUT2D eigenvalue weighted by Crippen LogP contribution is 2.57. The third-order valence-electron chi connectivity index (χ3n) is 10.6. The van der Waals surface area contributed by atoms with Crippen LogP contribution in [0.4, 0.5) is 0 Å². The van der Waals surface area contributed by atoms with Gasteiger partial charge in [0.25, 0.3) is 0 Å². The van der Waals surface area contributed by atoms with Crippen molar-refractivity contribution in [1.82, 2.24) is 15.0 Å². The minimum atomic E-state index is -0.453. The Labute approximate surface area is 309 Å². The smallest absolute Gasteiger partial charge is 0.164 e. The highest BCUT2D eigenvalue weighted by Gasteiger charge is 2.46. The summed E-state index contributed by atoms with van der Waals surface area (Å²) in [6.45, 7) is 0. The first kappa shape index (κ1) is 30.8. The summed E-state index contributed by atoms with van der Waals surface area (Å²) in [7, 11) is 0. The van der Waals surface area contributed by atoms with Gasteiger partial charge in [0.1, 0.15) is 0 Å². The van der Waals surface area contributed by atoms with E-state index in [1.807, 2.05) is 60.7 Å². The Morgan fingerprint density at radius 2 is 0.755 bits per heavy atom. The van der Waals surface area contributed by atoms with Crippen LogP contribution in [0.2, 0.25) is 0 Å². The molecule has 0 saturated heterocycles. The van der Waals surface area contributed by atoms with E-state index in [0.29, 0.717) is 17.5 Å². The second kappa shape index (κ2) is 12.7. The summed E-state index contributed by atoms with van der Waals surface area (Å²) < 4.78 is 0. The van der Waals surface area contributed by atoms with Gasteiger partial charge in [-0.05, 0) is 55.3 Å². The molecule has 1 heterocycles. The maximum Gasteiger partial charge on any atom is 0.164 e. The monoisotopic (exact) mass is 675 g/mol. The lowest BCUT2D eigenvalue weighted by Crippen LogP contribution is -2.28. The van der Waals surface area contributed by atoms with E-state index < -0.39 is 5.41 Å². The number of fused-ring (bicyclic) bond motifs is 5. The topological polar surface area (TPSA) is 38.7 Å². The molecule has 1 aliphatic carbocycles. The van der Waals surface area contributed by atoms with Crippen LogP contribution < -0.4 is 0 Å². The van der Waals surface area contributed by atoms with Gasteiger partial charge in [-0.1, -0.05) is 200 Å². The van der Waals surface area contributed by atoms with Crippen molar-refractivity contribution in [3.8, 4) is 56.4 Å². The van der Waals surface area contributed by atoms with Crippen molar-refractivity contribution in [3.63, 3.8) is 0 Å². The van der Waals surface area contributed by atoms with Crippen LogP contribution in [0.3, 0.4) is 0 Å². The van der Waals surface area contributed by atoms with Gasteiger partial charge in [-0.2, -0.15) is 0 Å². The van der Waals surface area contributed by atoms with E-state index in [1.165, 1.54) is 44.2 Å². The number of nitrogens with zero attached hydrogens (tertiary/aromatic N) is 3. The Morgan fingerprint density at radius 3 is 1.38 bits per heavy atom. The Kier molecular flexibility index (Phi) is 7.36. The van der Waals surface area contributed by atoms with Gasteiger partial charge in [-0.3, -0.25) is 0 Å². The quantitative estimate of drug-likeness (QED) is 0.176. The second-order valence-electron chi connectivity index (χ2n) is 13.6. The van der Waals surface area contributed by atoms with E-state index in [0.717, 1.165) is 27.8 Å². The third-order valence-corrected chi connectivity index (χ3v) is 10.6. The molecular formula is C50H33N3. The van der Waals surface area contributed by atoms with Gasteiger partial charge >= 0.3 is 0 Å². The fraction of sp³-hybridized carbons (Fsp3) is 0.0200. The molecular weight excluding hydrogens is 643 g/mol. The first-order valence-corrected chi connectivity index (χ1v) is 18.0. The molecule has 1 aromatic heterocycles. The molecule has 1 atom stereocenters. The van der Waals surface area contributed by atoms with Crippen LogP contribution in [-0.4, -0.2) is 15.0 Å². The minimum absolute atomic E-state index is 0.453. The summed E-state index contributed by atoms with van der Waals surface area (Å²) in [5.74, 6) is 1.96. The first-order chi connectivity index (χ1) is 26.3. The van der Waals surface area contributed by atoms with E-state index in [4.69, 9.17) is 15.0 Å². The number of hydrogen-bond acceptors (Lipinski definition) is 3. The molecule has 0 amide bonds. The fourth-order valence-corrected chi connectivity index (χ4v) is 8.19. The maximum absolute atomic E-state index is 4.93. The van der Waals surface area contributed by atoms with Gasteiger partial charge in [-0.25, -0.2) is 15.0 Å². The van der Waals surface area contributed by atoms with Gasteiger partial charge in [0.2, 0.25) is 0 Å². The molecule has 3 heteroatoms. The molecule has 0 radical (unpaired) electrons. The lowest BCUT2D eigenvalue weighted by atomic mass is 9.67. The van der Waals surface area contributed by atoms with Gasteiger partial charge in [-0.15, -0.1) is 0 Å². The van der Waals surface area contributed by atoms with E-state index in [1.54, 1.807) is 0 Å². The molecule has 0 spiro atoms. The lowest BCUT2D eigenvalue weighted by molar-refractivity contribution is 0.769. The summed E-state index contributed by atoms with van der Waals surface area (Å²) in [6.07, 6.45) is 0. The highest BCUT2D eigenvalue weighted by atomic mass is 15.0. The largest absolute Gasteiger partial charge is 0.208 e. The standard InChI is InChI=1S/C50H33N3/c1-4-15-37(16-5-1)47-51-48(38-17-6-2-7-18-38)53-49(52-47)39-26-24-34(25-27-39)35-28-31-41(32-29-35)50(40-19-8-3-9-20-40)44-23-13-12-22-43(44)46-42-21-11-10-14-36(42)30-33-45(46)50/h1-33H. The van der Waals surface area contributed by atoms with Gasteiger partial charge in [0.05, 0.1) is 5.41 Å². The molecule has 0 bridgehead atoms. The average Bonchev–Trinajstić information content (AvgIpc) is 3.56. The molecule has 0 saturated carbocycles. The molecule has 9 aromatic rings. The molecule has 1 aliphatic rings. The highest BCUT2D eigenvalue weighted by molar-refractivity contribution is 6.04. The van der Waals surface area contributed by atoms with Gasteiger partial charge < -0.3 is 0 Å². The zero-order valence-corrected chi connectivity index (χ0v) is 28.9. The van der Waals surface area contributed by atoms with E-state index in [9.17, 15) is 0 Å². The third kappa shape index (κ3) is 5.09. The fourth-order valence-electron chi connectivity index (χ4n) is 8.19. The Morgan fingerprint density at radius 1 is 0.302 bits per heavy atom. The number of aromatic nitrogens is 3. The summed E-state index contributed by atoms with van der Waals surface area (Å²) in [4.78, 5) is 14.7. The predicted octanol–water partition coefficient (Wildman–Crippen LogP) is 12.1. The van der Waals surface area contributed by atoms with Crippen molar-refractivity contribution < 1.29 is 0 Å². The van der Waals surface area contributed by atoms with Crippen molar-refractivity contribution in [2.24, 2.45) is 0 Å². The molecule has 0 N–H and O–H groups in total. The number of benzene rings is 8. The van der Waals surface area contributed by atoms with Crippen molar-refractivity contribution in [2.75, 3.05) is 0 Å². The average molecular weight is 676 g/mol. The molecule has 0 fully saturated rings. The predicted molar refractivity (Wildman–Crippen MR) is 216 cm³/mol. The van der Waals surface area contributed by atoms with Gasteiger partial charge in [0, 0.05) is 16.7 Å². The second-order valence-corrected chi connectivity index (χ2v) is 13.6. The number of hydrogen-bond donors (Lipinski definition) is 0. The van der Waals surface area contributed by atoms with Crippen molar-refractivity contribution in [3.05, 3.63) is 222 Å².